The Bertz CT molecular complexity index is 1450. The second-order valence-corrected chi connectivity index (χ2v) is 9.53. The second kappa shape index (κ2) is 11.4. The van der Waals surface area contributed by atoms with Crippen molar-refractivity contribution in [1.82, 2.24) is 4.90 Å². The quantitative estimate of drug-likeness (QED) is 0.342. The van der Waals surface area contributed by atoms with E-state index in [0.29, 0.717) is 58.9 Å². The number of benzene rings is 3. The molecule has 0 atom stereocenters. The molecule has 40 heavy (non-hydrogen) atoms. The summed E-state index contributed by atoms with van der Waals surface area (Å²) in [4.78, 5) is 15.6. The molecule has 0 unspecified atom stereocenters. The number of Topliss-reactive ketones (excluding diaryl/α,β-unsaturated/α-hetero) is 1. The lowest BCUT2D eigenvalue weighted by Crippen LogP contribution is -2.34. The van der Waals surface area contributed by atoms with Crippen molar-refractivity contribution in [1.29, 1.82) is 0 Å². The van der Waals surface area contributed by atoms with Crippen molar-refractivity contribution in [3.63, 3.8) is 0 Å². The number of carbonyl (C=O) groups excluding carboxylic acids is 1. The first kappa shape index (κ1) is 27.2. The number of nitrogens with zero attached hydrogens (tertiary/aromatic N) is 1. The molecule has 2 heterocycles. The van der Waals surface area contributed by atoms with Gasteiger partial charge in [0.2, 0.25) is 11.5 Å². The Hall–Kier alpha value is -4.37. The molecule has 2 aliphatic rings. The molecule has 0 saturated carbocycles. The van der Waals surface area contributed by atoms with E-state index in [4.69, 9.17) is 33.2 Å². The molecule has 2 aliphatic heterocycles. The average molecular weight is 548 g/mol. The van der Waals surface area contributed by atoms with E-state index in [9.17, 15) is 4.79 Å². The van der Waals surface area contributed by atoms with Crippen LogP contribution in [0.15, 0.2) is 42.2 Å². The highest BCUT2D eigenvalue weighted by Crippen LogP contribution is 2.44. The standard InChI is InChI=1S/C31H33NO8/c1-18-29-21(16-32(17-39-29)10-9-19-7-8-23(34-2)24(11-19)35-3)15-22-28(33)25(40-30(18)22)12-20-13-26(36-4)31(38-6)27(14-20)37-5/h7-8,11-15H,9-10,16-17H2,1-6H3/b25-12-. The summed E-state index contributed by atoms with van der Waals surface area (Å²) < 4.78 is 39.3. The van der Waals surface area contributed by atoms with Crippen LogP contribution in [-0.4, -0.2) is 59.5 Å². The zero-order valence-electron chi connectivity index (χ0n) is 23.6. The van der Waals surface area contributed by atoms with E-state index in [1.165, 1.54) is 0 Å². The van der Waals surface area contributed by atoms with E-state index >= 15 is 0 Å². The number of ether oxygens (including phenoxy) is 7. The molecule has 0 aromatic heterocycles. The summed E-state index contributed by atoms with van der Waals surface area (Å²) in [6, 6.07) is 11.4. The highest BCUT2D eigenvalue weighted by Gasteiger charge is 2.33. The largest absolute Gasteiger partial charge is 0.493 e. The van der Waals surface area contributed by atoms with Gasteiger partial charge in [-0.25, -0.2) is 0 Å². The summed E-state index contributed by atoms with van der Waals surface area (Å²) in [6.45, 7) is 3.81. The fourth-order valence-electron chi connectivity index (χ4n) is 5.10. The molecule has 5 rings (SSSR count). The Labute approximate surface area is 233 Å². The number of rotatable bonds is 9. The number of carbonyl (C=O) groups is 1. The van der Waals surface area contributed by atoms with Gasteiger partial charge in [0, 0.05) is 24.2 Å². The minimum absolute atomic E-state index is 0.183. The summed E-state index contributed by atoms with van der Waals surface area (Å²) >= 11 is 0. The number of hydrogen-bond acceptors (Lipinski definition) is 9. The summed E-state index contributed by atoms with van der Waals surface area (Å²) in [5.41, 5.74) is 4.12. The maximum atomic E-state index is 13.4. The van der Waals surface area contributed by atoms with Crippen molar-refractivity contribution in [2.24, 2.45) is 0 Å². The first-order valence-electron chi connectivity index (χ1n) is 12.9. The average Bonchev–Trinajstić information content (AvgIpc) is 3.29. The first-order chi connectivity index (χ1) is 19.4. The van der Waals surface area contributed by atoms with Crippen LogP contribution in [-0.2, 0) is 13.0 Å². The molecule has 0 N–H and O–H groups in total. The van der Waals surface area contributed by atoms with Crippen LogP contribution >= 0.6 is 0 Å². The Balaban J connectivity index is 1.35. The maximum absolute atomic E-state index is 13.4. The molecule has 3 aromatic rings. The summed E-state index contributed by atoms with van der Waals surface area (Å²) in [7, 11) is 7.90. The minimum Gasteiger partial charge on any atom is -0.493 e. The van der Waals surface area contributed by atoms with E-state index in [0.717, 1.165) is 35.4 Å². The number of allylic oxidation sites excluding steroid dienone is 1. The van der Waals surface area contributed by atoms with Crippen molar-refractivity contribution in [2.45, 2.75) is 19.9 Å². The van der Waals surface area contributed by atoms with Gasteiger partial charge in [-0.15, -0.1) is 0 Å². The molecule has 0 radical (unpaired) electrons. The van der Waals surface area contributed by atoms with E-state index in [2.05, 4.69) is 4.90 Å². The Morgan fingerprint density at radius 3 is 2.20 bits per heavy atom. The van der Waals surface area contributed by atoms with Gasteiger partial charge in [0.1, 0.15) is 18.2 Å². The van der Waals surface area contributed by atoms with E-state index < -0.39 is 0 Å². The monoisotopic (exact) mass is 547 g/mol. The molecular formula is C31H33NO8. The van der Waals surface area contributed by atoms with E-state index in [1.807, 2.05) is 31.2 Å². The zero-order chi connectivity index (χ0) is 28.4. The number of hydrogen-bond donors (Lipinski definition) is 0. The Morgan fingerprint density at radius 1 is 0.850 bits per heavy atom. The number of methoxy groups -OCH3 is 5. The molecule has 0 fully saturated rings. The predicted molar refractivity (Wildman–Crippen MR) is 149 cm³/mol. The predicted octanol–water partition coefficient (Wildman–Crippen LogP) is 5.05. The van der Waals surface area contributed by atoms with Gasteiger partial charge in [-0.1, -0.05) is 6.07 Å². The van der Waals surface area contributed by atoms with Crippen molar-refractivity contribution in [3.05, 3.63) is 70.0 Å². The molecule has 9 heteroatoms. The van der Waals surface area contributed by atoms with Crippen LogP contribution in [0, 0.1) is 6.92 Å². The van der Waals surface area contributed by atoms with Crippen LogP contribution in [0.4, 0.5) is 0 Å². The lowest BCUT2D eigenvalue weighted by atomic mass is 9.99. The van der Waals surface area contributed by atoms with Gasteiger partial charge in [0.15, 0.2) is 28.8 Å². The van der Waals surface area contributed by atoms with Crippen LogP contribution < -0.4 is 33.2 Å². The van der Waals surface area contributed by atoms with Crippen LogP contribution in [0.1, 0.15) is 32.6 Å². The van der Waals surface area contributed by atoms with Gasteiger partial charge >= 0.3 is 0 Å². The topological polar surface area (TPSA) is 84.9 Å². The highest BCUT2D eigenvalue weighted by atomic mass is 16.5. The molecule has 0 amide bonds. The fourth-order valence-corrected chi connectivity index (χ4v) is 5.10. The van der Waals surface area contributed by atoms with Crippen molar-refractivity contribution in [3.8, 4) is 40.2 Å². The van der Waals surface area contributed by atoms with Gasteiger partial charge in [0.25, 0.3) is 0 Å². The smallest absolute Gasteiger partial charge is 0.231 e. The molecular weight excluding hydrogens is 514 g/mol. The van der Waals surface area contributed by atoms with Gasteiger partial charge < -0.3 is 33.2 Å². The molecule has 0 saturated heterocycles. The van der Waals surface area contributed by atoms with Gasteiger partial charge in [-0.3, -0.25) is 9.69 Å². The third-order valence-electron chi connectivity index (χ3n) is 7.15. The molecule has 0 aliphatic carbocycles. The van der Waals surface area contributed by atoms with E-state index in [-0.39, 0.29) is 11.5 Å². The third kappa shape index (κ3) is 5.00. The second-order valence-electron chi connectivity index (χ2n) is 9.53. The van der Waals surface area contributed by atoms with Crippen LogP contribution in [0.2, 0.25) is 0 Å². The lowest BCUT2D eigenvalue weighted by molar-refractivity contribution is 0.0953. The molecule has 210 valence electrons. The summed E-state index contributed by atoms with van der Waals surface area (Å²) in [6.07, 6.45) is 2.49. The van der Waals surface area contributed by atoms with Gasteiger partial charge in [-0.2, -0.15) is 0 Å². The Kier molecular flexibility index (Phi) is 7.75. The Morgan fingerprint density at radius 2 is 1.55 bits per heavy atom. The normalized spacial score (nSPS) is 15.2. The molecule has 0 spiro atoms. The highest BCUT2D eigenvalue weighted by molar-refractivity contribution is 6.15. The summed E-state index contributed by atoms with van der Waals surface area (Å²) in [5, 5.41) is 0. The van der Waals surface area contributed by atoms with Crippen LogP contribution in [0.3, 0.4) is 0 Å². The SMILES string of the molecule is COc1ccc(CCN2COc3c(cc4c(c3C)O/C(=C\c3cc(OC)c(OC)c(OC)c3)C4=O)C2)cc1OC. The lowest BCUT2D eigenvalue weighted by Gasteiger charge is -2.30. The minimum atomic E-state index is -0.183. The first-order valence-corrected chi connectivity index (χ1v) is 12.9. The molecule has 3 aromatic carbocycles. The molecule has 9 nitrogen and oxygen atoms in total. The van der Waals surface area contributed by atoms with Crippen molar-refractivity contribution in [2.75, 3.05) is 48.8 Å². The maximum Gasteiger partial charge on any atom is 0.231 e. The van der Waals surface area contributed by atoms with Crippen LogP contribution in [0.25, 0.3) is 6.08 Å². The van der Waals surface area contributed by atoms with Crippen molar-refractivity contribution >= 4 is 11.9 Å². The zero-order valence-corrected chi connectivity index (χ0v) is 23.6. The van der Waals surface area contributed by atoms with Crippen molar-refractivity contribution < 1.29 is 38.0 Å². The number of ketones is 1. The van der Waals surface area contributed by atoms with Gasteiger partial charge in [-0.05, 0) is 60.9 Å². The van der Waals surface area contributed by atoms with E-state index in [1.54, 1.807) is 53.8 Å². The van der Waals surface area contributed by atoms with Gasteiger partial charge in [0.05, 0.1) is 41.1 Å². The fraction of sp³-hybridized carbons (Fsp3) is 0.323. The van der Waals surface area contributed by atoms with Crippen LogP contribution in [0.5, 0.6) is 40.2 Å². The molecule has 0 bridgehead atoms. The summed E-state index contributed by atoms with van der Waals surface area (Å²) in [5.74, 6) is 4.21. The number of fused-ring (bicyclic) bond motifs is 2. The third-order valence-corrected chi connectivity index (χ3v) is 7.15.